The molecule has 256 valence electrons. The Labute approximate surface area is 288 Å². The van der Waals surface area contributed by atoms with E-state index >= 15 is 0 Å². The summed E-state index contributed by atoms with van der Waals surface area (Å²) in [5.74, 6) is -0.503. The molecule has 49 heavy (non-hydrogen) atoms. The number of hydrogen-bond donors (Lipinski definition) is 3. The maximum Gasteiger partial charge on any atom is 0.328 e. The van der Waals surface area contributed by atoms with Gasteiger partial charge in [0.15, 0.2) is 6.29 Å². The van der Waals surface area contributed by atoms with E-state index in [-0.39, 0.29) is 25.4 Å². The summed E-state index contributed by atoms with van der Waals surface area (Å²) in [5.41, 5.74) is 6.67. The zero-order valence-electron chi connectivity index (χ0n) is 28.1. The zero-order chi connectivity index (χ0) is 34.6. The highest BCUT2D eigenvalue weighted by Gasteiger charge is 2.32. The second kappa shape index (κ2) is 17.6. The van der Waals surface area contributed by atoms with E-state index < -0.39 is 24.3 Å². The van der Waals surface area contributed by atoms with Gasteiger partial charge in [-0.2, -0.15) is 0 Å². The Bertz CT molecular complexity index is 1660. The number of aliphatic hydroxyl groups excluding tert-OH is 1. The van der Waals surface area contributed by atoms with Crippen LogP contribution < -0.4 is 10.6 Å². The summed E-state index contributed by atoms with van der Waals surface area (Å²) in [6.45, 7) is 5.64. The third-order valence-corrected chi connectivity index (χ3v) is 8.54. The van der Waals surface area contributed by atoms with Gasteiger partial charge in [-0.1, -0.05) is 103 Å². The van der Waals surface area contributed by atoms with Crippen LogP contribution in [0.3, 0.4) is 0 Å². The standard InChI is InChI=1S/C40H45N3O6/c1-4-21-43(2)26-35-24-37(32-15-13-29(27-44)14-16-32)49-39(48-35)33-19-17-31(18-20-33)34-12-8-11-30(22-34)25-41-40(46)42-36(38(45)47-3)23-28-9-6-5-7-10-28/h4-20,22,35-37,39,44H,1,21,23-27H2,2-3H3,(H2,41,42,46)/t35-,36+,37+,39+/m1/s1. The number of benzene rings is 4. The smallest absolute Gasteiger partial charge is 0.328 e. The van der Waals surface area contributed by atoms with Crippen LogP contribution >= 0.6 is 0 Å². The monoisotopic (exact) mass is 663 g/mol. The summed E-state index contributed by atoms with van der Waals surface area (Å²) in [6.07, 6.45) is 2.17. The first kappa shape index (κ1) is 35.5. The fourth-order valence-corrected chi connectivity index (χ4v) is 5.95. The molecular formula is C40H45N3O6. The van der Waals surface area contributed by atoms with Crippen LogP contribution in [0.4, 0.5) is 4.79 Å². The van der Waals surface area contributed by atoms with Gasteiger partial charge >= 0.3 is 12.0 Å². The minimum Gasteiger partial charge on any atom is -0.467 e. The van der Waals surface area contributed by atoms with Crippen LogP contribution in [0.2, 0.25) is 0 Å². The molecule has 4 atom stereocenters. The Hall–Kier alpha value is -4.80. The van der Waals surface area contributed by atoms with Crippen LogP contribution in [0.5, 0.6) is 0 Å². The summed E-state index contributed by atoms with van der Waals surface area (Å²) in [5, 5.41) is 15.1. The van der Waals surface area contributed by atoms with E-state index in [9.17, 15) is 14.7 Å². The van der Waals surface area contributed by atoms with Gasteiger partial charge in [0.25, 0.3) is 0 Å². The van der Waals surface area contributed by atoms with Gasteiger partial charge in [-0.15, -0.1) is 6.58 Å². The van der Waals surface area contributed by atoms with Gasteiger partial charge < -0.3 is 34.9 Å². The van der Waals surface area contributed by atoms with Crippen LogP contribution in [0.25, 0.3) is 11.1 Å². The average Bonchev–Trinajstić information content (AvgIpc) is 3.14. The number of nitrogens with zero attached hydrogens (tertiary/aromatic N) is 1. The first-order valence-electron chi connectivity index (χ1n) is 16.5. The van der Waals surface area contributed by atoms with Crippen LogP contribution in [-0.4, -0.2) is 61.4 Å². The van der Waals surface area contributed by atoms with E-state index in [1.807, 2.05) is 109 Å². The molecule has 5 rings (SSSR count). The second-order valence-electron chi connectivity index (χ2n) is 12.3. The molecule has 0 radical (unpaired) electrons. The van der Waals surface area contributed by atoms with Crippen molar-refractivity contribution in [1.82, 2.24) is 15.5 Å². The number of likely N-dealkylation sites (N-methyl/N-ethyl adjacent to an activating group) is 1. The quantitative estimate of drug-likeness (QED) is 0.111. The second-order valence-corrected chi connectivity index (χ2v) is 12.3. The van der Waals surface area contributed by atoms with Gasteiger partial charge in [0.2, 0.25) is 0 Å². The van der Waals surface area contributed by atoms with Gasteiger partial charge in [-0.25, -0.2) is 9.59 Å². The first-order chi connectivity index (χ1) is 23.8. The van der Waals surface area contributed by atoms with Gasteiger partial charge in [0, 0.05) is 38.0 Å². The Morgan fingerprint density at radius 2 is 1.63 bits per heavy atom. The lowest BCUT2D eigenvalue weighted by atomic mass is 9.99. The normalized spacial score (nSPS) is 18.0. The lowest BCUT2D eigenvalue weighted by Crippen LogP contribution is -2.47. The Balaban J connectivity index is 1.23. The summed E-state index contributed by atoms with van der Waals surface area (Å²) in [6, 6.07) is 32.2. The fraction of sp³-hybridized carbons (Fsp3) is 0.300. The molecule has 0 saturated carbocycles. The van der Waals surface area contributed by atoms with Crippen molar-refractivity contribution in [3.63, 3.8) is 0 Å². The molecule has 1 aliphatic heterocycles. The predicted molar refractivity (Wildman–Crippen MR) is 189 cm³/mol. The molecule has 0 spiro atoms. The number of methoxy groups -OCH3 is 1. The molecule has 9 nitrogen and oxygen atoms in total. The molecular weight excluding hydrogens is 618 g/mol. The van der Waals surface area contributed by atoms with E-state index in [0.29, 0.717) is 12.8 Å². The third-order valence-electron chi connectivity index (χ3n) is 8.54. The molecule has 4 aromatic carbocycles. The number of aliphatic hydroxyl groups is 1. The predicted octanol–water partition coefficient (Wildman–Crippen LogP) is 6.09. The van der Waals surface area contributed by atoms with E-state index in [4.69, 9.17) is 14.2 Å². The van der Waals surface area contributed by atoms with E-state index in [2.05, 4.69) is 29.2 Å². The van der Waals surface area contributed by atoms with E-state index in [0.717, 1.165) is 52.0 Å². The molecule has 9 heteroatoms. The highest BCUT2D eigenvalue weighted by Crippen LogP contribution is 2.38. The molecule has 0 bridgehead atoms. The van der Waals surface area contributed by atoms with Gasteiger partial charge in [0.1, 0.15) is 6.04 Å². The number of carbonyl (C=O) groups is 2. The van der Waals surface area contributed by atoms with Crippen molar-refractivity contribution in [1.29, 1.82) is 0 Å². The topological polar surface area (TPSA) is 109 Å². The lowest BCUT2D eigenvalue weighted by Gasteiger charge is -2.37. The van der Waals surface area contributed by atoms with Gasteiger partial charge in [0.05, 0.1) is 25.9 Å². The summed E-state index contributed by atoms with van der Waals surface area (Å²) in [4.78, 5) is 27.3. The average molecular weight is 664 g/mol. The number of esters is 1. The van der Waals surface area contributed by atoms with Crippen LogP contribution in [0.15, 0.2) is 116 Å². The summed E-state index contributed by atoms with van der Waals surface area (Å²) in [7, 11) is 3.36. The van der Waals surface area contributed by atoms with Crippen LogP contribution in [0.1, 0.15) is 46.6 Å². The molecule has 1 heterocycles. The largest absolute Gasteiger partial charge is 0.467 e. The number of hydrogen-bond acceptors (Lipinski definition) is 7. The van der Waals surface area contributed by atoms with Crippen molar-refractivity contribution >= 4 is 12.0 Å². The highest BCUT2D eigenvalue weighted by molar-refractivity contribution is 5.83. The molecule has 1 saturated heterocycles. The summed E-state index contributed by atoms with van der Waals surface area (Å²) < 4.78 is 17.9. The lowest BCUT2D eigenvalue weighted by molar-refractivity contribution is -0.252. The first-order valence-corrected chi connectivity index (χ1v) is 16.5. The number of carbonyl (C=O) groups excluding carboxylic acids is 2. The van der Waals surface area contributed by atoms with Crippen LogP contribution in [-0.2, 0) is 38.6 Å². The molecule has 4 aromatic rings. The van der Waals surface area contributed by atoms with E-state index in [1.54, 1.807) is 0 Å². The Morgan fingerprint density at radius 1 is 0.918 bits per heavy atom. The van der Waals surface area contributed by atoms with Crippen molar-refractivity contribution in [3.05, 3.63) is 144 Å². The fourth-order valence-electron chi connectivity index (χ4n) is 5.95. The highest BCUT2D eigenvalue weighted by atomic mass is 16.7. The molecule has 3 N–H and O–H groups in total. The SMILES string of the molecule is C=CCN(C)C[C@H]1C[C@@H](c2ccc(CO)cc2)O[C@@H](c2ccc(-c3cccc(CNC(=O)N[C@@H](Cc4ccccc4)C(=O)OC)c3)cc2)O1. The summed E-state index contributed by atoms with van der Waals surface area (Å²) >= 11 is 0. The maximum absolute atomic E-state index is 12.8. The maximum atomic E-state index is 12.8. The Morgan fingerprint density at radius 3 is 2.33 bits per heavy atom. The Kier molecular flexibility index (Phi) is 12.7. The number of ether oxygens (including phenoxy) is 3. The molecule has 0 aliphatic carbocycles. The minimum absolute atomic E-state index is 0.000269. The molecule has 0 aromatic heterocycles. The zero-order valence-corrected chi connectivity index (χ0v) is 28.1. The van der Waals surface area contributed by atoms with Crippen molar-refractivity contribution in [2.45, 2.75) is 50.5 Å². The number of urea groups is 1. The molecule has 1 fully saturated rings. The molecule has 0 unspecified atom stereocenters. The number of amides is 2. The third kappa shape index (κ3) is 10.1. The van der Waals surface area contributed by atoms with Gasteiger partial charge in [-0.3, -0.25) is 0 Å². The van der Waals surface area contributed by atoms with Crippen molar-refractivity contribution in [2.75, 3.05) is 27.2 Å². The minimum atomic E-state index is -0.806. The van der Waals surface area contributed by atoms with Crippen molar-refractivity contribution in [2.24, 2.45) is 0 Å². The van der Waals surface area contributed by atoms with Gasteiger partial charge in [-0.05, 0) is 46.5 Å². The number of nitrogens with one attached hydrogen (secondary N) is 2. The molecule has 2 amide bonds. The van der Waals surface area contributed by atoms with Crippen molar-refractivity contribution in [3.8, 4) is 11.1 Å². The number of rotatable bonds is 14. The van der Waals surface area contributed by atoms with E-state index in [1.165, 1.54) is 7.11 Å². The molecule has 1 aliphatic rings. The van der Waals surface area contributed by atoms with Crippen molar-refractivity contribution < 1.29 is 28.9 Å². The van der Waals surface area contributed by atoms with Crippen LogP contribution in [0, 0.1) is 0 Å².